The molecule has 0 aliphatic carbocycles. The molecule has 15 nitrogen and oxygen atoms in total. The van der Waals surface area contributed by atoms with E-state index in [0.717, 1.165) is 0 Å². The number of hydrogen-bond acceptors (Lipinski definition) is 15. The number of aliphatic hydroxyl groups excluding tert-OH is 6. The van der Waals surface area contributed by atoms with Crippen molar-refractivity contribution in [3.63, 3.8) is 0 Å². The van der Waals surface area contributed by atoms with Gasteiger partial charge in [0.25, 0.3) is 0 Å². The molecule has 1 heterocycles. The molecule has 2 unspecified atom stereocenters. The van der Waals surface area contributed by atoms with Gasteiger partial charge in [0.15, 0.2) is 0 Å². The van der Waals surface area contributed by atoms with Crippen LogP contribution in [0.5, 0.6) is 34.5 Å². The van der Waals surface area contributed by atoms with Crippen LogP contribution >= 0.6 is 24.6 Å². The van der Waals surface area contributed by atoms with Gasteiger partial charge < -0.3 is 58.4 Å². The highest BCUT2D eigenvalue weighted by atomic mass is 31.3. The van der Waals surface area contributed by atoms with Crippen LogP contribution in [0.15, 0.2) is 150 Å². The van der Waals surface area contributed by atoms with Gasteiger partial charge in [-0.2, -0.15) is 0 Å². The van der Waals surface area contributed by atoms with Gasteiger partial charge in [0.05, 0.1) is 39.6 Å². The van der Waals surface area contributed by atoms with Gasteiger partial charge in [-0.1, -0.05) is 72.8 Å². The quantitative estimate of drug-likeness (QED) is 0.0452. The summed E-state index contributed by atoms with van der Waals surface area (Å²) in [5, 5.41) is 58.9. The van der Waals surface area contributed by atoms with E-state index in [0.29, 0.717) is 62.1 Å². The lowest BCUT2D eigenvalue weighted by Gasteiger charge is -2.43. The molecule has 6 aromatic rings. The summed E-state index contributed by atoms with van der Waals surface area (Å²) in [4.78, 5) is 13.4. The SMILES string of the molecule is OCc1ccc(ON2P(Oc3ccc(CO)cc3)N=P(Oc3ccc(CO)cc3)(Oc3ccc(CO)cc3)N(Oc3ccc(CO)cc3)P2Oc2ccc(CO)cc2)cc1. The van der Waals surface area contributed by atoms with Gasteiger partial charge in [0, 0.05) is 9.21 Å². The highest BCUT2D eigenvalue weighted by Crippen LogP contribution is 2.77. The van der Waals surface area contributed by atoms with E-state index in [1.165, 1.54) is 9.21 Å². The number of rotatable bonds is 18. The number of aliphatic hydroxyl groups is 6. The van der Waals surface area contributed by atoms with E-state index in [1.54, 1.807) is 146 Å². The van der Waals surface area contributed by atoms with Crippen LogP contribution in [0.1, 0.15) is 33.4 Å². The van der Waals surface area contributed by atoms with Crippen molar-refractivity contribution in [3.8, 4) is 34.5 Å². The van der Waals surface area contributed by atoms with Crippen molar-refractivity contribution in [2.45, 2.75) is 39.6 Å². The van der Waals surface area contributed by atoms with Gasteiger partial charge in [-0.15, -0.1) is 4.52 Å². The highest BCUT2D eigenvalue weighted by molar-refractivity contribution is 7.78. The molecule has 0 aromatic heterocycles. The Balaban J connectivity index is 1.48. The monoisotopic (exact) mass is 873 g/mol. The normalized spacial score (nSPS) is 16.4. The first kappa shape index (κ1) is 43.0. The molecule has 6 N–H and O–H groups in total. The van der Waals surface area contributed by atoms with E-state index < -0.39 is 24.6 Å². The zero-order valence-corrected chi connectivity index (χ0v) is 34.6. The number of nitrogens with zero attached hydrogens (tertiary/aromatic N) is 3. The number of benzene rings is 6. The molecule has 312 valence electrons. The lowest BCUT2D eigenvalue weighted by Crippen LogP contribution is -2.37. The van der Waals surface area contributed by atoms with Crippen LogP contribution in [0.4, 0.5) is 0 Å². The third kappa shape index (κ3) is 10.6. The average molecular weight is 874 g/mol. The van der Waals surface area contributed by atoms with Crippen LogP contribution in [-0.4, -0.2) is 39.8 Å². The van der Waals surface area contributed by atoms with E-state index in [1.807, 2.05) is 0 Å². The molecule has 0 saturated carbocycles. The molecule has 0 amide bonds. The summed E-state index contributed by atoms with van der Waals surface area (Å²) in [6.07, 6.45) is 0. The molecule has 1 aliphatic heterocycles. The van der Waals surface area contributed by atoms with Crippen molar-refractivity contribution in [1.29, 1.82) is 0 Å². The second-order valence-electron chi connectivity index (χ2n) is 13.0. The molecule has 18 heteroatoms. The molecule has 0 radical (unpaired) electrons. The minimum absolute atomic E-state index is 0.182. The largest absolute Gasteiger partial charge is 0.447 e. The van der Waals surface area contributed by atoms with Gasteiger partial charge in [-0.05, 0) is 106 Å². The zero-order chi connectivity index (χ0) is 41.9. The second kappa shape index (κ2) is 20.4. The van der Waals surface area contributed by atoms with E-state index >= 15 is 0 Å². The molecule has 2 atom stereocenters. The molecule has 0 saturated heterocycles. The van der Waals surface area contributed by atoms with E-state index in [9.17, 15) is 30.6 Å². The Hall–Kier alpha value is -5.11. The van der Waals surface area contributed by atoms with Crippen LogP contribution in [0.2, 0.25) is 0 Å². The molecule has 6 aromatic carbocycles. The predicted molar refractivity (Wildman–Crippen MR) is 225 cm³/mol. The summed E-state index contributed by atoms with van der Waals surface area (Å²) in [6, 6.07) is 40.5. The summed E-state index contributed by atoms with van der Waals surface area (Å²) in [6.45, 7) is -1.17. The fourth-order valence-corrected chi connectivity index (χ4v) is 12.9. The van der Waals surface area contributed by atoms with Gasteiger partial charge in [0.2, 0.25) is 0 Å². The van der Waals surface area contributed by atoms with Crippen molar-refractivity contribution in [3.05, 3.63) is 179 Å². The first-order chi connectivity index (χ1) is 29.3. The summed E-state index contributed by atoms with van der Waals surface area (Å²) in [5.74, 6) is 1.91. The predicted octanol–water partition coefficient (Wildman–Crippen LogP) is 8.26. The maximum atomic E-state index is 9.85. The molecule has 0 bridgehead atoms. The third-order valence-corrected chi connectivity index (χ3v) is 15.5. The van der Waals surface area contributed by atoms with Crippen LogP contribution in [0, 0.1) is 0 Å². The van der Waals surface area contributed by atoms with Crippen molar-refractivity contribution >= 4 is 24.6 Å². The Bertz CT molecular complexity index is 2270. The smallest absolute Gasteiger partial charge is 0.440 e. The van der Waals surface area contributed by atoms with Crippen molar-refractivity contribution in [2.24, 2.45) is 4.52 Å². The fourth-order valence-electron chi connectivity index (χ4n) is 5.38. The third-order valence-electron chi connectivity index (χ3n) is 8.68. The van der Waals surface area contributed by atoms with Crippen molar-refractivity contribution < 1.29 is 58.4 Å². The summed E-state index contributed by atoms with van der Waals surface area (Å²) in [5.41, 5.74) is 3.85. The van der Waals surface area contributed by atoms with Crippen LogP contribution < -0.4 is 27.8 Å². The van der Waals surface area contributed by atoms with Crippen LogP contribution in [-0.2, 0) is 39.6 Å². The molecule has 0 fully saturated rings. The summed E-state index contributed by atoms with van der Waals surface area (Å²) < 4.78 is 35.5. The second-order valence-corrected chi connectivity index (χ2v) is 18.5. The van der Waals surface area contributed by atoms with Gasteiger partial charge in [-0.25, -0.2) is 0 Å². The summed E-state index contributed by atoms with van der Waals surface area (Å²) in [7, 11) is -8.92. The first-order valence-corrected chi connectivity index (χ1v) is 22.3. The van der Waals surface area contributed by atoms with Gasteiger partial charge >= 0.3 is 24.6 Å². The van der Waals surface area contributed by atoms with Crippen LogP contribution in [0.25, 0.3) is 0 Å². The fraction of sp³-hybridized carbons (Fsp3) is 0.143. The Morgan fingerprint density at radius 1 is 0.383 bits per heavy atom. The number of hydrogen-bond donors (Lipinski definition) is 6. The van der Waals surface area contributed by atoms with Crippen LogP contribution in [0.3, 0.4) is 0 Å². The summed E-state index contributed by atoms with van der Waals surface area (Å²) >= 11 is 0. The molecular weight excluding hydrogens is 831 g/mol. The van der Waals surface area contributed by atoms with E-state index in [4.69, 9.17) is 32.3 Å². The van der Waals surface area contributed by atoms with Gasteiger partial charge in [-0.3, -0.25) is 0 Å². The molecule has 7 rings (SSSR count). The lowest BCUT2D eigenvalue weighted by molar-refractivity contribution is 0.0545. The maximum absolute atomic E-state index is 9.85. The lowest BCUT2D eigenvalue weighted by atomic mass is 10.2. The Kier molecular flexibility index (Phi) is 14.6. The Morgan fingerprint density at radius 2 is 0.683 bits per heavy atom. The highest BCUT2D eigenvalue weighted by Gasteiger charge is 2.58. The van der Waals surface area contributed by atoms with Crippen molar-refractivity contribution in [1.82, 2.24) is 9.21 Å². The van der Waals surface area contributed by atoms with E-state index in [2.05, 4.69) is 0 Å². The minimum atomic E-state index is -4.11. The van der Waals surface area contributed by atoms with Gasteiger partial charge in [0.1, 0.15) is 34.5 Å². The zero-order valence-electron chi connectivity index (χ0n) is 31.9. The minimum Gasteiger partial charge on any atom is -0.440 e. The standard InChI is InChI=1S/C42H42N3O12P3/c46-25-31-1-13-37(14-2-31)52-44-58(54-39-17-5-33(27-48)6-18-39)43-60(56-41-21-9-35(29-50)10-22-41,57-42-23-11-36(30-51)12-24-42)45(53-38-15-3-32(26-47)4-16-38)59(44)55-40-19-7-34(28-49)8-20-40/h1-24,46-51H,25-30H2. The Labute approximate surface area is 348 Å². The van der Waals surface area contributed by atoms with E-state index in [-0.39, 0.29) is 45.4 Å². The van der Waals surface area contributed by atoms with Crippen molar-refractivity contribution in [2.75, 3.05) is 0 Å². The Morgan fingerprint density at radius 3 is 1.03 bits per heavy atom. The molecule has 1 aliphatic rings. The molecular formula is C42H42N3O12P3. The molecule has 60 heavy (non-hydrogen) atoms. The molecule has 0 spiro atoms. The topological polar surface area (TPSA) is 196 Å². The average Bonchev–Trinajstić information content (AvgIpc) is 3.30. The maximum Gasteiger partial charge on any atom is 0.447 e. The first-order valence-electron chi connectivity index (χ1n) is 18.5.